The highest BCUT2D eigenvalue weighted by atomic mass is 35.5. The number of rotatable bonds is 5. The molecule has 11 heteroatoms. The molecule has 0 spiro atoms. The van der Waals surface area contributed by atoms with Crippen molar-refractivity contribution in [2.45, 2.75) is 39.2 Å². The molecule has 1 fully saturated rings. The van der Waals surface area contributed by atoms with Gasteiger partial charge in [-0.3, -0.25) is 19.1 Å². The van der Waals surface area contributed by atoms with E-state index in [0.29, 0.717) is 29.0 Å². The Bertz CT molecular complexity index is 1600. The van der Waals surface area contributed by atoms with Crippen LogP contribution in [0.3, 0.4) is 0 Å². The molecule has 1 saturated heterocycles. The molecule has 3 aromatic rings. The van der Waals surface area contributed by atoms with Gasteiger partial charge in [-0.1, -0.05) is 43.6 Å². The zero-order chi connectivity index (χ0) is 27.7. The lowest BCUT2D eigenvalue weighted by atomic mass is 10.0. The third-order valence-electron chi connectivity index (χ3n) is 6.65. The molecular formula is C27H25Cl2N7O2. The first kappa shape index (κ1) is 27.1. The Hall–Kier alpha value is -3.92. The quantitative estimate of drug-likeness (QED) is 0.339. The van der Waals surface area contributed by atoms with Crippen molar-refractivity contribution >= 4 is 45.8 Å². The molecule has 0 saturated carbocycles. The van der Waals surface area contributed by atoms with Crippen molar-refractivity contribution in [1.82, 2.24) is 19.4 Å². The number of nitrogens with zero attached hydrogens (tertiary/aromatic N) is 7. The van der Waals surface area contributed by atoms with Crippen molar-refractivity contribution in [2.75, 3.05) is 24.5 Å². The van der Waals surface area contributed by atoms with Crippen molar-refractivity contribution in [1.29, 1.82) is 10.5 Å². The number of carbonyl (C=O) groups excluding carboxylic acids is 1. The summed E-state index contributed by atoms with van der Waals surface area (Å²) in [6, 6.07) is 7.14. The first-order valence-electron chi connectivity index (χ1n) is 12.0. The molecule has 38 heavy (non-hydrogen) atoms. The van der Waals surface area contributed by atoms with Crippen LogP contribution in [0, 0.1) is 29.6 Å². The van der Waals surface area contributed by atoms with E-state index in [2.05, 4.69) is 28.7 Å². The summed E-state index contributed by atoms with van der Waals surface area (Å²) in [5.74, 6) is -0.308. The van der Waals surface area contributed by atoms with E-state index in [1.54, 1.807) is 23.2 Å². The molecule has 1 atom stereocenters. The van der Waals surface area contributed by atoms with Gasteiger partial charge in [0.25, 0.3) is 5.56 Å². The summed E-state index contributed by atoms with van der Waals surface area (Å²) in [5.41, 5.74) is 1.89. The topological polar surface area (TPSA) is 119 Å². The lowest BCUT2D eigenvalue weighted by molar-refractivity contribution is -0.128. The van der Waals surface area contributed by atoms with Gasteiger partial charge in [0.15, 0.2) is 5.65 Å². The van der Waals surface area contributed by atoms with Gasteiger partial charge in [0.2, 0.25) is 5.91 Å². The number of nitriles is 2. The SMILES string of the molecule is C=CC(=O)N1CCN(c2c(C#N)c(=O)n(-c3c(C)ccnc3C(C)C)c3nc(Cl)c(Cl)cc23)CC1CC#N. The van der Waals surface area contributed by atoms with Crippen LogP contribution in [0.1, 0.15) is 43.0 Å². The lowest BCUT2D eigenvalue weighted by Gasteiger charge is -2.41. The van der Waals surface area contributed by atoms with Gasteiger partial charge in [0, 0.05) is 31.2 Å². The molecule has 194 valence electrons. The highest BCUT2D eigenvalue weighted by Gasteiger charge is 2.33. The van der Waals surface area contributed by atoms with E-state index in [0.717, 1.165) is 5.56 Å². The second-order valence-electron chi connectivity index (χ2n) is 9.32. The van der Waals surface area contributed by atoms with Crippen LogP contribution in [0.5, 0.6) is 0 Å². The maximum atomic E-state index is 14.1. The number of piperazine rings is 1. The summed E-state index contributed by atoms with van der Waals surface area (Å²) in [6.45, 7) is 10.2. The third kappa shape index (κ3) is 4.60. The monoisotopic (exact) mass is 549 g/mol. The molecule has 0 aromatic carbocycles. The molecule has 4 rings (SSSR count). The van der Waals surface area contributed by atoms with Gasteiger partial charge in [-0.2, -0.15) is 10.5 Å². The van der Waals surface area contributed by atoms with Gasteiger partial charge in [0.05, 0.1) is 40.6 Å². The number of carbonyl (C=O) groups is 1. The average Bonchev–Trinajstić information content (AvgIpc) is 2.89. The van der Waals surface area contributed by atoms with Crippen LogP contribution in [-0.2, 0) is 4.79 Å². The first-order chi connectivity index (χ1) is 18.1. The van der Waals surface area contributed by atoms with E-state index < -0.39 is 11.6 Å². The second-order valence-corrected chi connectivity index (χ2v) is 10.1. The fourth-order valence-electron chi connectivity index (χ4n) is 4.91. The van der Waals surface area contributed by atoms with E-state index in [1.165, 1.54) is 10.6 Å². The van der Waals surface area contributed by atoms with Gasteiger partial charge in [0.1, 0.15) is 16.8 Å². The van der Waals surface area contributed by atoms with Crippen LogP contribution in [0.2, 0.25) is 10.2 Å². The standard InChI is InChI=1S/C27H25Cl2N7O2/c1-5-21(37)35-11-10-34(14-17(35)6-8-30)24-18-12-20(28)25(29)33-26(18)36(27(38)19(24)13-31)23-16(4)7-9-32-22(23)15(2)3/h5,7,9,12,15,17H,1,6,10-11,14H2,2-4H3. The minimum Gasteiger partial charge on any atom is -0.366 e. The van der Waals surface area contributed by atoms with E-state index in [4.69, 9.17) is 23.2 Å². The van der Waals surface area contributed by atoms with Crippen LogP contribution in [0.25, 0.3) is 16.7 Å². The lowest BCUT2D eigenvalue weighted by Crippen LogP contribution is -2.55. The molecule has 4 heterocycles. The van der Waals surface area contributed by atoms with Crippen molar-refractivity contribution in [2.24, 2.45) is 0 Å². The van der Waals surface area contributed by atoms with Crippen LogP contribution in [-0.4, -0.2) is 51.0 Å². The number of anilines is 1. The zero-order valence-corrected chi connectivity index (χ0v) is 22.7. The van der Waals surface area contributed by atoms with E-state index in [9.17, 15) is 20.1 Å². The Morgan fingerprint density at radius 1 is 1.29 bits per heavy atom. The first-order valence-corrected chi connectivity index (χ1v) is 12.8. The van der Waals surface area contributed by atoms with Gasteiger partial charge < -0.3 is 9.80 Å². The van der Waals surface area contributed by atoms with Gasteiger partial charge in [-0.25, -0.2) is 4.98 Å². The molecule has 0 aliphatic carbocycles. The van der Waals surface area contributed by atoms with Crippen molar-refractivity contribution in [3.63, 3.8) is 0 Å². The number of pyridine rings is 3. The summed E-state index contributed by atoms with van der Waals surface area (Å²) in [5, 5.41) is 20.3. The number of hydrogen-bond donors (Lipinski definition) is 0. The summed E-state index contributed by atoms with van der Waals surface area (Å²) in [4.78, 5) is 38.9. The predicted octanol–water partition coefficient (Wildman–Crippen LogP) is 4.51. The minimum atomic E-state index is -0.569. The van der Waals surface area contributed by atoms with Gasteiger partial charge in [-0.15, -0.1) is 0 Å². The fraction of sp³-hybridized carbons (Fsp3) is 0.333. The molecular weight excluding hydrogens is 525 g/mol. The maximum Gasteiger partial charge on any atom is 0.276 e. The van der Waals surface area contributed by atoms with E-state index in [1.807, 2.05) is 25.7 Å². The Balaban J connectivity index is 2.05. The normalized spacial score (nSPS) is 15.4. The highest BCUT2D eigenvalue weighted by Crippen LogP contribution is 2.36. The molecule has 1 amide bonds. The molecule has 3 aromatic heterocycles. The smallest absolute Gasteiger partial charge is 0.276 e. The maximum absolute atomic E-state index is 14.1. The van der Waals surface area contributed by atoms with Crippen LogP contribution in [0.15, 0.2) is 35.8 Å². The summed E-state index contributed by atoms with van der Waals surface area (Å²) >= 11 is 12.7. The highest BCUT2D eigenvalue weighted by molar-refractivity contribution is 6.41. The van der Waals surface area contributed by atoms with Crippen LogP contribution in [0.4, 0.5) is 5.69 Å². The van der Waals surface area contributed by atoms with E-state index in [-0.39, 0.29) is 52.7 Å². The fourth-order valence-corrected chi connectivity index (χ4v) is 5.20. The number of halogens is 2. The molecule has 9 nitrogen and oxygen atoms in total. The van der Waals surface area contributed by atoms with Crippen LogP contribution < -0.4 is 10.5 Å². The summed E-state index contributed by atoms with van der Waals surface area (Å²) in [7, 11) is 0. The second kappa shape index (κ2) is 10.8. The average molecular weight is 550 g/mol. The van der Waals surface area contributed by atoms with E-state index >= 15 is 0 Å². The van der Waals surface area contributed by atoms with Crippen molar-refractivity contribution in [3.05, 3.63) is 68.3 Å². The largest absolute Gasteiger partial charge is 0.366 e. The summed E-state index contributed by atoms with van der Waals surface area (Å²) in [6.07, 6.45) is 2.97. The number of aryl methyl sites for hydroxylation is 1. The number of aromatic nitrogens is 3. The Kier molecular flexibility index (Phi) is 7.73. The Morgan fingerprint density at radius 2 is 2.03 bits per heavy atom. The molecule has 0 radical (unpaired) electrons. The van der Waals surface area contributed by atoms with Gasteiger partial charge >= 0.3 is 0 Å². The van der Waals surface area contributed by atoms with Crippen molar-refractivity contribution < 1.29 is 4.79 Å². The summed E-state index contributed by atoms with van der Waals surface area (Å²) < 4.78 is 1.39. The molecule has 1 aliphatic heterocycles. The molecule has 1 aliphatic rings. The Morgan fingerprint density at radius 3 is 2.66 bits per heavy atom. The molecule has 0 bridgehead atoms. The number of hydrogen-bond acceptors (Lipinski definition) is 7. The van der Waals surface area contributed by atoms with Crippen molar-refractivity contribution in [3.8, 4) is 17.8 Å². The van der Waals surface area contributed by atoms with Crippen LogP contribution >= 0.6 is 23.2 Å². The predicted molar refractivity (Wildman–Crippen MR) is 147 cm³/mol. The molecule has 1 unspecified atom stereocenters. The number of fused-ring (bicyclic) bond motifs is 1. The minimum absolute atomic E-state index is 0.0133. The van der Waals surface area contributed by atoms with Gasteiger partial charge in [-0.05, 0) is 36.6 Å². The third-order valence-corrected chi connectivity index (χ3v) is 7.33. The zero-order valence-electron chi connectivity index (χ0n) is 21.2. The molecule has 0 N–H and O–H groups in total. The Labute approximate surface area is 230 Å². The number of amides is 1.